The molecule has 4 aromatic rings. The number of rotatable bonds is 8. The molecule has 1 aromatic heterocycles. The number of ether oxygens (including phenoxy) is 2. The van der Waals surface area contributed by atoms with Crippen molar-refractivity contribution in [1.29, 1.82) is 0 Å². The van der Waals surface area contributed by atoms with E-state index < -0.39 is 5.56 Å². The SMILES string of the molecule is O=C(CCc1nc2ccccc2n(CC(=O)Nc2ccc3c(c2)OCCO3)c1=O)NCc1ccccc1. The molecule has 0 atom stereocenters. The van der Waals surface area contributed by atoms with Gasteiger partial charge in [0.1, 0.15) is 25.5 Å². The molecule has 0 radical (unpaired) electrons. The molecule has 5 rings (SSSR count). The molecule has 2 heterocycles. The van der Waals surface area contributed by atoms with Gasteiger partial charge in [-0.25, -0.2) is 4.98 Å². The molecule has 1 aliphatic rings. The summed E-state index contributed by atoms with van der Waals surface area (Å²) in [5, 5.41) is 5.68. The third-order valence-corrected chi connectivity index (χ3v) is 5.97. The van der Waals surface area contributed by atoms with Crippen LogP contribution in [0.3, 0.4) is 0 Å². The number of aryl methyl sites for hydroxylation is 1. The third-order valence-electron chi connectivity index (χ3n) is 5.97. The summed E-state index contributed by atoms with van der Waals surface area (Å²) < 4.78 is 12.5. The number of hydrogen-bond acceptors (Lipinski definition) is 6. The fourth-order valence-corrected chi connectivity index (χ4v) is 4.15. The van der Waals surface area contributed by atoms with Crippen molar-refractivity contribution < 1.29 is 19.1 Å². The van der Waals surface area contributed by atoms with Crippen molar-refractivity contribution in [3.63, 3.8) is 0 Å². The van der Waals surface area contributed by atoms with Crippen molar-refractivity contribution in [2.24, 2.45) is 0 Å². The van der Waals surface area contributed by atoms with E-state index >= 15 is 0 Å². The summed E-state index contributed by atoms with van der Waals surface area (Å²) in [5.74, 6) is 0.629. The fourth-order valence-electron chi connectivity index (χ4n) is 4.15. The summed E-state index contributed by atoms with van der Waals surface area (Å²) in [6, 6.07) is 21.9. The first-order valence-electron chi connectivity index (χ1n) is 12.1. The maximum absolute atomic E-state index is 13.3. The van der Waals surface area contributed by atoms with Gasteiger partial charge in [-0.2, -0.15) is 0 Å². The number of para-hydroxylation sites is 2. The minimum Gasteiger partial charge on any atom is -0.486 e. The van der Waals surface area contributed by atoms with Crippen LogP contribution in [0.4, 0.5) is 5.69 Å². The van der Waals surface area contributed by atoms with Gasteiger partial charge in [0.25, 0.3) is 5.56 Å². The Bertz CT molecular complexity index is 1500. The number of aromatic nitrogens is 2. The molecule has 0 unspecified atom stereocenters. The highest BCUT2D eigenvalue weighted by Gasteiger charge is 2.17. The first-order valence-corrected chi connectivity index (χ1v) is 12.1. The normalized spacial score (nSPS) is 12.2. The molecule has 0 bridgehead atoms. The highest BCUT2D eigenvalue weighted by atomic mass is 16.6. The lowest BCUT2D eigenvalue weighted by Gasteiger charge is -2.19. The molecular formula is C28H26N4O5. The first-order chi connectivity index (χ1) is 18.1. The van der Waals surface area contributed by atoms with Crippen LogP contribution in [0, 0.1) is 0 Å². The van der Waals surface area contributed by atoms with Crippen LogP contribution in [0.15, 0.2) is 77.6 Å². The van der Waals surface area contributed by atoms with Gasteiger partial charge in [-0.05, 0) is 29.8 Å². The minimum absolute atomic E-state index is 0.108. The summed E-state index contributed by atoms with van der Waals surface area (Å²) in [6.07, 6.45) is 0.269. The van der Waals surface area contributed by atoms with Crippen LogP contribution in [-0.2, 0) is 29.1 Å². The molecule has 0 spiro atoms. The van der Waals surface area contributed by atoms with E-state index in [1.54, 1.807) is 36.4 Å². The summed E-state index contributed by atoms with van der Waals surface area (Å²) >= 11 is 0. The van der Waals surface area contributed by atoms with Crippen molar-refractivity contribution in [3.8, 4) is 11.5 Å². The number of nitrogens with zero attached hydrogens (tertiary/aromatic N) is 2. The lowest BCUT2D eigenvalue weighted by atomic mass is 10.2. The first kappa shape index (κ1) is 24.1. The highest BCUT2D eigenvalue weighted by Crippen LogP contribution is 2.32. The lowest BCUT2D eigenvalue weighted by Crippen LogP contribution is -2.32. The number of hydrogen-bond donors (Lipinski definition) is 2. The van der Waals surface area contributed by atoms with E-state index in [0.717, 1.165) is 5.56 Å². The largest absolute Gasteiger partial charge is 0.486 e. The second-order valence-electron chi connectivity index (χ2n) is 8.61. The molecule has 188 valence electrons. The molecule has 37 heavy (non-hydrogen) atoms. The molecule has 0 fully saturated rings. The Balaban J connectivity index is 1.30. The quantitative estimate of drug-likeness (QED) is 0.386. The molecule has 0 saturated carbocycles. The van der Waals surface area contributed by atoms with Crippen LogP contribution >= 0.6 is 0 Å². The van der Waals surface area contributed by atoms with Gasteiger partial charge in [-0.3, -0.25) is 19.0 Å². The van der Waals surface area contributed by atoms with Crippen LogP contribution in [0.25, 0.3) is 11.0 Å². The molecule has 3 aromatic carbocycles. The van der Waals surface area contributed by atoms with Gasteiger partial charge < -0.3 is 20.1 Å². The molecular weight excluding hydrogens is 472 g/mol. The zero-order chi connectivity index (χ0) is 25.6. The van der Waals surface area contributed by atoms with Crippen LogP contribution in [-0.4, -0.2) is 34.6 Å². The highest BCUT2D eigenvalue weighted by molar-refractivity contribution is 5.92. The monoisotopic (exact) mass is 498 g/mol. The van der Waals surface area contributed by atoms with Gasteiger partial charge in [0.05, 0.1) is 11.0 Å². The Labute approximate surface area is 213 Å². The maximum atomic E-state index is 13.3. The number of benzene rings is 3. The van der Waals surface area contributed by atoms with E-state index in [4.69, 9.17) is 9.47 Å². The number of carbonyl (C=O) groups excluding carboxylic acids is 2. The standard InChI is InChI=1S/C28H26N4O5/c33-26(29-17-19-6-2-1-3-7-19)13-11-22-28(35)32(23-9-5-4-8-21(23)31-22)18-27(34)30-20-10-12-24-25(16-20)37-15-14-36-24/h1-10,12,16H,11,13-15,17-18H2,(H,29,33)(H,30,34). The predicted molar refractivity (Wildman–Crippen MR) is 139 cm³/mol. The molecule has 2 amide bonds. The van der Waals surface area contributed by atoms with Gasteiger partial charge in [0.2, 0.25) is 11.8 Å². The molecule has 9 heteroatoms. The van der Waals surface area contributed by atoms with Crippen LogP contribution < -0.4 is 25.7 Å². The van der Waals surface area contributed by atoms with Crippen molar-refractivity contribution in [2.45, 2.75) is 25.9 Å². The van der Waals surface area contributed by atoms with E-state index in [-0.39, 0.29) is 36.9 Å². The average Bonchev–Trinajstić information content (AvgIpc) is 2.93. The maximum Gasteiger partial charge on any atom is 0.273 e. The molecule has 1 aliphatic heterocycles. The average molecular weight is 499 g/mol. The topological polar surface area (TPSA) is 112 Å². The molecule has 2 N–H and O–H groups in total. The van der Waals surface area contributed by atoms with E-state index in [0.29, 0.717) is 48.0 Å². The van der Waals surface area contributed by atoms with Crippen molar-refractivity contribution in [1.82, 2.24) is 14.9 Å². The number of carbonyl (C=O) groups is 2. The molecule has 0 aliphatic carbocycles. The summed E-state index contributed by atoms with van der Waals surface area (Å²) in [4.78, 5) is 43.1. The van der Waals surface area contributed by atoms with Gasteiger partial charge in [-0.1, -0.05) is 42.5 Å². The van der Waals surface area contributed by atoms with Crippen molar-refractivity contribution in [3.05, 3.63) is 94.4 Å². The minimum atomic E-state index is -0.396. The Morgan fingerprint density at radius 3 is 2.49 bits per heavy atom. The van der Waals surface area contributed by atoms with E-state index in [1.165, 1.54) is 4.57 Å². The lowest BCUT2D eigenvalue weighted by molar-refractivity contribution is -0.121. The Morgan fingerprint density at radius 1 is 0.892 bits per heavy atom. The second-order valence-corrected chi connectivity index (χ2v) is 8.61. The van der Waals surface area contributed by atoms with Crippen LogP contribution in [0.5, 0.6) is 11.5 Å². The summed E-state index contributed by atoms with van der Waals surface area (Å²) in [6.45, 7) is 1.13. The van der Waals surface area contributed by atoms with Crippen molar-refractivity contribution >= 4 is 28.5 Å². The smallest absolute Gasteiger partial charge is 0.273 e. The summed E-state index contributed by atoms with van der Waals surface area (Å²) in [5.41, 5.74) is 2.49. The van der Waals surface area contributed by atoms with Gasteiger partial charge >= 0.3 is 0 Å². The number of fused-ring (bicyclic) bond motifs is 2. The van der Waals surface area contributed by atoms with Crippen LogP contribution in [0.2, 0.25) is 0 Å². The Kier molecular flexibility index (Phi) is 7.12. The Morgan fingerprint density at radius 2 is 1.65 bits per heavy atom. The fraction of sp³-hybridized carbons (Fsp3) is 0.214. The number of anilines is 1. The van der Waals surface area contributed by atoms with Gasteiger partial charge in [0.15, 0.2) is 11.5 Å². The van der Waals surface area contributed by atoms with Crippen LogP contribution in [0.1, 0.15) is 17.7 Å². The van der Waals surface area contributed by atoms with Gasteiger partial charge in [0, 0.05) is 31.1 Å². The zero-order valence-corrected chi connectivity index (χ0v) is 20.1. The number of amides is 2. The van der Waals surface area contributed by atoms with E-state index in [1.807, 2.05) is 36.4 Å². The van der Waals surface area contributed by atoms with Crippen molar-refractivity contribution in [2.75, 3.05) is 18.5 Å². The van der Waals surface area contributed by atoms with E-state index in [2.05, 4.69) is 15.6 Å². The summed E-state index contributed by atoms with van der Waals surface area (Å²) in [7, 11) is 0. The zero-order valence-electron chi connectivity index (χ0n) is 20.1. The second kappa shape index (κ2) is 10.9. The van der Waals surface area contributed by atoms with Gasteiger partial charge in [-0.15, -0.1) is 0 Å². The Hall–Kier alpha value is -4.66. The van der Waals surface area contributed by atoms with E-state index in [9.17, 15) is 14.4 Å². The molecule has 0 saturated heterocycles. The third kappa shape index (κ3) is 5.78. The predicted octanol–water partition coefficient (Wildman–Crippen LogP) is 3.06. The number of nitrogens with one attached hydrogen (secondary N) is 2. The molecule has 9 nitrogen and oxygen atoms in total.